The number of halogens is 4. The Balaban J connectivity index is 2.33. The molecule has 0 unspecified atom stereocenters. The molecular weight excluding hydrogens is 287 g/mol. The van der Waals surface area contributed by atoms with Gasteiger partial charge in [0.25, 0.3) is 4.80 Å². The van der Waals surface area contributed by atoms with Crippen LogP contribution in [0.4, 0.5) is 13.2 Å². The van der Waals surface area contributed by atoms with Gasteiger partial charge in [-0.2, -0.15) is 13.2 Å². The Morgan fingerprint density at radius 3 is 2.19 bits per heavy atom. The highest BCUT2D eigenvalue weighted by Crippen LogP contribution is 2.30. The van der Waals surface area contributed by atoms with E-state index in [4.69, 9.17) is 4.42 Å². The lowest BCUT2D eigenvalue weighted by atomic mass is 10.1. The van der Waals surface area contributed by atoms with Crippen LogP contribution in [0, 0.1) is 0 Å². The van der Waals surface area contributed by atoms with E-state index in [1.54, 1.807) is 0 Å². The molecule has 1 aromatic heterocycles. The van der Waals surface area contributed by atoms with Gasteiger partial charge < -0.3 is 4.42 Å². The van der Waals surface area contributed by atoms with E-state index >= 15 is 0 Å². The molecule has 0 N–H and O–H groups in total. The first-order valence-electron chi connectivity index (χ1n) is 4.25. The second kappa shape index (κ2) is 3.93. The van der Waals surface area contributed by atoms with Crippen LogP contribution in [-0.2, 0) is 6.18 Å². The van der Waals surface area contributed by atoms with E-state index in [2.05, 4.69) is 20.9 Å². The van der Waals surface area contributed by atoms with E-state index < -0.39 is 11.7 Å². The van der Waals surface area contributed by atoms with Crippen LogP contribution in [0.25, 0.3) is 11.3 Å². The van der Waals surface area contributed by atoms with Crippen molar-refractivity contribution in [1.29, 1.82) is 0 Å². The third-order valence-electron chi connectivity index (χ3n) is 1.98. The topological polar surface area (TPSA) is 26.0 Å². The number of rotatable bonds is 1. The molecule has 16 heavy (non-hydrogen) atoms. The molecule has 1 aromatic carbocycles. The molecule has 0 saturated carbocycles. The predicted octanol–water partition coefficient (Wildman–Crippen LogP) is 4.12. The smallest absolute Gasteiger partial charge is 0.416 e. The predicted molar refractivity (Wildman–Crippen MR) is 54.6 cm³/mol. The lowest BCUT2D eigenvalue weighted by Gasteiger charge is -2.06. The summed E-state index contributed by atoms with van der Waals surface area (Å²) in [6, 6.07) is 4.73. The maximum absolute atomic E-state index is 12.3. The SMILES string of the molecule is FC(F)(F)c1ccc(-c2coc(Br)n2)cc1. The Kier molecular flexibility index (Phi) is 2.75. The second-order valence-corrected chi connectivity index (χ2v) is 3.74. The highest BCUT2D eigenvalue weighted by Gasteiger charge is 2.30. The van der Waals surface area contributed by atoms with Gasteiger partial charge in [0, 0.05) is 21.5 Å². The Bertz CT molecular complexity index is 490. The van der Waals surface area contributed by atoms with Gasteiger partial charge in [-0.15, -0.1) is 0 Å². The summed E-state index contributed by atoms with van der Waals surface area (Å²) in [4.78, 5) is 4.24. The Morgan fingerprint density at radius 2 is 1.75 bits per heavy atom. The Hall–Kier alpha value is -1.30. The van der Waals surface area contributed by atoms with Gasteiger partial charge in [-0.25, -0.2) is 4.98 Å². The monoisotopic (exact) mass is 291 g/mol. The fourth-order valence-corrected chi connectivity index (χ4v) is 1.50. The first-order chi connectivity index (χ1) is 7.47. The summed E-state index contributed by atoms with van der Waals surface area (Å²) >= 11 is 3.02. The highest BCUT2D eigenvalue weighted by molar-refractivity contribution is 9.10. The minimum absolute atomic E-state index is 0.294. The first kappa shape index (κ1) is 11.2. The van der Waals surface area contributed by atoms with E-state index in [1.807, 2.05) is 0 Å². The number of benzene rings is 1. The number of hydrogen-bond donors (Lipinski definition) is 0. The van der Waals surface area contributed by atoms with E-state index in [-0.39, 0.29) is 0 Å². The van der Waals surface area contributed by atoms with Crippen LogP contribution < -0.4 is 0 Å². The molecule has 0 aliphatic rings. The molecule has 0 amide bonds. The lowest BCUT2D eigenvalue weighted by molar-refractivity contribution is -0.137. The van der Waals surface area contributed by atoms with Crippen LogP contribution >= 0.6 is 15.9 Å². The fourth-order valence-electron chi connectivity index (χ4n) is 1.21. The zero-order chi connectivity index (χ0) is 11.8. The molecule has 2 aromatic rings. The van der Waals surface area contributed by atoms with E-state index in [1.165, 1.54) is 18.4 Å². The highest BCUT2D eigenvalue weighted by atomic mass is 79.9. The van der Waals surface area contributed by atoms with Crippen molar-refractivity contribution >= 4 is 15.9 Å². The third kappa shape index (κ3) is 2.27. The summed E-state index contributed by atoms with van der Waals surface area (Å²) in [5.74, 6) is 0. The average Bonchev–Trinajstić information content (AvgIpc) is 2.64. The molecule has 0 spiro atoms. The molecule has 0 bridgehead atoms. The van der Waals surface area contributed by atoms with E-state index in [0.29, 0.717) is 16.1 Å². The first-order valence-corrected chi connectivity index (χ1v) is 5.05. The van der Waals surface area contributed by atoms with Gasteiger partial charge in [0.05, 0.1) is 5.56 Å². The molecule has 0 aliphatic heterocycles. The summed E-state index contributed by atoms with van der Waals surface area (Å²) in [7, 11) is 0. The normalized spacial score (nSPS) is 11.8. The van der Waals surface area contributed by atoms with Crippen molar-refractivity contribution in [2.45, 2.75) is 6.18 Å². The summed E-state index contributed by atoms with van der Waals surface area (Å²) in [5, 5.41) is 0. The lowest BCUT2D eigenvalue weighted by Crippen LogP contribution is -2.03. The van der Waals surface area contributed by atoms with Gasteiger partial charge in [-0.3, -0.25) is 0 Å². The second-order valence-electron chi connectivity index (χ2n) is 3.06. The van der Waals surface area contributed by atoms with E-state index in [0.717, 1.165) is 12.1 Å². The van der Waals surface area contributed by atoms with Crippen LogP contribution in [-0.4, -0.2) is 4.98 Å². The molecule has 0 radical (unpaired) electrons. The van der Waals surface area contributed by atoms with Gasteiger partial charge in [0.1, 0.15) is 12.0 Å². The van der Waals surface area contributed by atoms with Crippen molar-refractivity contribution in [2.75, 3.05) is 0 Å². The fraction of sp³-hybridized carbons (Fsp3) is 0.100. The molecule has 0 saturated heterocycles. The molecule has 6 heteroatoms. The molecular formula is C10H5BrF3NO. The van der Waals surface area contributed by atoms with Crippen molar-refractivity contribution in [3.05, 3.63) is 40.9 Å². The van der Waals surface area contributed by atoms with Crippen molar-refractivity contribution in [1.82, 2.24) is 4.98 Å². The van der Waals surface area contributed by atoms with Crippen LogP contribution in [0.5, 0.6) is 0 Å². The maximum atomic E-state index is 12.3. The van der Waals surface area contributed by atoms with Crippen LogP contribution in [0.15, 0.2) is 39.7 Å². The zero-order valence-corrected chi connectivity index (χ0v) is 9.34. The van der Waals surface area contributed by atoms with Crippen LogP contribution in [0.1, 0.15) is 5.56 Å². The van der Waals surface area contributed by atoms with Gasteiger partial charge in [0.2, 0.25) is 0 Å². The van der Waals surface area contributed by atoms with Crippen molar-refractivity contribution in [3.8, 4) is 11.3 Å². The number of hydrogen-bond acceptors (Lipinski definition) is 2. The maximum Gasteiger partial charge on any atom is 0.416 e. The van der Waals surface area contributed by atoms with Gasteiger partial charge in [-0.1, -0.05) is 12.1 Å². The minimum Gasteiger partial charge on any atom is -0.439 e. The molecule has 0 fully saturated rings. The summed E-state index contributed by atoms with van der Waals surface area (Å²) in [6.07, 6.45) is -2.95. The quantitative estimate of drug-likeness (QED) is 0.790. The molecule has 0 atom stereocenters. The molecule has 2 nitrogen and oxygen atoms in total. The number of nitrogens with zero attached hydrogens (tertiary/aromatic N) is 1. The number of alkyl halides is 3. The standard InChI is InChI=1S/C10H5BrF3NO/c11-9-15-8(5-16-9)6-1-3-7(4-2-6)10(12,13)14/h1-5H. The van der Waals surface area contributed by atoms with Crippen molar-refractivity contribution < 1.29 is 17.6 Å². The van der Waals surface area contributed by atoms with Gasteiger partial charge in [-0.05, 0) is 12.1 Å². The van der Waals surface area contributed by atoms with Gasteiger partial charge >= 0.3 is 6.18 Å². The minimum atomic E-state index is -4.32. The summed E-state index contributed by atoms with van der Waals surface area (Å²) < 4.78 is 41.8. The van der Waals surface area contributed by atoms with Crippen LogP contribution in [0.3, 0.4) is 0 Å². The van der Waals surface area contributed by atoms with E-state index in [9.17, 15) is 13.2 Å². The third-order valence-corrected chi connectivity index (χ3v) is 2.35. The van der Waals surface area contributed by atoms with Crippen LogP contribution in [0.2, 0.25) is 0 Å². The number of oxazole rings is 1. The Labute approximate surface area is 97.2 Å². The zero-order valence-electron chi connectivity index (χ0n) is 7.75. The largest absolute Gasteiger partial charge is 0.439 e. The number of aromatic nitrogens is 1. The summed E-state index contributed by atoms with van der Waals surface area (Å²) in [6.45, 7) is 0. The molecule has 2 rings (SSSR count). The van der Waals surface area contributed by atoms with Crippen molar-refractivity contribution in [3.63, 3.8) is 0 Å². The molecule has 84 valence electrons. The molecule has 1 heterocycles. The average molecular weight is 292 g/mol. The molecule has 0 aliphatic carbocycles. The Morgan fingerprint density at radius 1 is 1.12 bits per heavy atom. The van der Waals surface area contributed by atoms with Gasteiger partial charge in [0.15, 0.2) is 0 Å². The van der Waals surface area contributed by atoms with Crippen molar-refractivity contribution in [2.24, 2.45) is 0 Å². The summed E-state index contributed by atoms with van der Waals surface area (Å²) in [5.41, 5.74) is 0.377.